The summed E-state index contributed by atoms with van der Waals surface area (Å²) in [7, 11) is 0. The van der Waals surface area contributed by atoms with Crippen molar-refractivity contribution < 1.29 is 5.11 Å². The summed E-state index contributed by atoms with van der Waals surface area (Å²) in [6.07, 6.45) is 2.23. The van der Waals surface area contributed by atoms with Crippen LogP contribution in [0.3, 0.4) is 0 Å². The lowest BCUT2D eigenvalue weighted by Gasteiger charge is -2.27. The maximum atomic E-state index is 10.5. The second-order valence-corrected chi connectivity index (χ2v) is 5.41. The zero-order chi connectivity index (χ0) is 11.7. The van der Waals surface area contributed by atoms with Gasteiger partial charge in [0.25, 0.3) is 0 Å². The molecular weight excluding hydrogens is 196 g/mol. The van der Waals surface area contributed by atoms with E-state index in [-0.39, 0.29) is 6.10 Å². The Kier molecular flexibility index (Phi) is 3.34. The molecule has 0 amide bonds. The average molecular weight is 218 g/mol. The third kappa shape index (κ3) is 2.01. The van der Waals surface area contributed by atoms with Crippen LogP contribution in [0.1, 0.15) is 43.9 Å². The Morgan fingerprint density at radius 1 is 1.12 bits per heavy atom. The fraction of sp³-hybridized carbons (Fsp3) is 0.600. The molecule has 1 N–H and O–H groups in total. The summed E-state index contributed by atoms with van der Waals surface area (Å²) < 4.78 is 0. The number of rotatable bonds is 2. The van der Waals surface area contributed by atoms with E-state index in [9.17, 15) is 5.11 Å². The summed E-state index contributed by atoms with van der Waals surface area (Å²) in [4.78, 5) is 0. The number of benzene rings is 1. The molecule has 1 saturated carbocycles. The standard InChI is InChI=1S/C15H22O/c1-10-6-4-5-7-13(10)15(16)14-11(2)8-9-12(14)3/h4-7,11-12,14-16H,8-9H2,1-3H3. The SMILES string of the molecule is Cc1ccccc1C(O)C1C(C)CCC1C. The molecule has 0 aliphatic heterocycles. The number of aliphatic hydroxyl groups excluding tert-OH is 1. The van der Waals surface area contributed by atoms with Gasteiger partial charge in [-0.1, -0.05) is 51.0 Å². The second kappa shape index (κ2) is 4.58. The fourth-order valence-corrected chi connectivity index (χ4v) is 3.22. The van der Waals surface area contributed by atoms with Crippen LogP contribution in [0.5, 0.6) is 0 Å². The van der Waals surface area contributed by atoms with Crippen molar-refractivity contribution in [3.05, 3.63) is 35.4 Å². The van der Waals surface area contributed by atoms with Gasteiger partial charge in [-0.05, 0) is 35.8 Å². The van der Waals surface area contributed by atoms with Crippen LogP contribution in [0.15, 0.2) is 24.3 Å². The van der Waals surface area contributed by atoms with Crippen molar-refractivity contribution in [2.24, 2.45) is 17.8 Å². The van der Waals surface area contributed by atoms with Crippen LogP contribution in [-0.4, -0.2) is 5.11 Å². The van der Waals surface area contributed by atoms with E-state index >= 15 is 0 Å². The van der Waals surface area contributed by atoms with Gasteiger partial charge in [0.2, 0.25) is 0 Å². The van der Waals surface area contributed by atoms with Crippen molar-refractivity contribution in [2.75, 3.05) is 0 Å². The first kappa shape index (κ1) is 11.7. The Bertz CT molecular complexity index is 348. The second-order valence-electron chi connectivity index (χ2n) is 5.41. The first-order chi connectivity index (χ1) is 7.61. The minimum absolute atomic E-state index is 0.284. The molecule has 0 bridgehead atoms. The molecule has 1 aromatic carbocycles. The molecule has 1 aliphatic rings. The van der Waals surface area contributed by atoms with Crippen LogP contribution >= 0.6 is 0 Å². The monoisotopic (exact) mass is 218 g/mol. The largest absolute Gasteiger partial charge is 0.388 e. The Morgan fingerprint density at radius 2 is 1.69 bits per heavy atom. The Balaban J connectivity index is 2.25. The van der Waals surface area contributed by atoms with Crippen molar-refractivity contribution in [2.45, 2.75) is 39.7 Å². The third-order valence-corrected chi connectivity index (χ3v) is 4.26. The van der Waals surface area contributed by atoms with Gasteiger partial charge in [0.1, 0.15) is 0 Å². The van der Waals surface area contributed by atoms with Gasteiger partial charge in [-0.3, -0.25) is 0 Å². The van der Waals surface area contributed by atoms with Crippen LogP contribution in [0.4, 0.5) is 0 Å². The summed E-state index contributed by atoms with van der Waals surface area (Å²) in [5.74, 6) is 1.72. The van der Waals surface area contributed by atoms with E-state index in [2.05, 4.69) is 32.9 Å². The van der Waals surface area contributed by atoms with E-state index < -0.39 is 0 Å². The molecule has 1 heteroatoms. The van der Waals surface area contributed by atoms with Gasteiger partial charge < -0.3 is 5.11 Å². The molecule has 2 rings (SSSR count). The molecule has 0 aromatic heterocycles. The maximum Gasteiger partial charge on any atom is 0.0825 e. The number of aliphatic hydroxyl groups is 1. The lowest BCUT2D eigenvalue weighted by Crippen LogP contribution is -2.20. The Hall–Kier alpha value is -0.820. The minimum atomic E-state index is -0.284. The molecule has 0 saturated heterocycles. The highest BCUT2D eigenvalue weighted by Crippen LogP contribution is 2.44. The van der Waals surface area contributed by atoms with Gasteiger partial charge in [0.15, 0.2) is 0 Å². The number of hydrogen-bond acceptors (Lipinski definition) is 1. The zero-order valence-electron chi connectivity index (χ0n) is 10.5. The van der Waals surface area contributed by atoms with Gasteiger partial charge in [-0.15, -0.1) is 0 Å². The highest BCUT2D eigenvalue weighted by molar-refractivity contribution is 5.28. The summed E-state index contributed by atoms with van der Waals surface area (Å²) in [6.45, 7) is 6.63. The lowest BCUT2D eigenvalue weighted by molar-refractivity contribution is 0.0680. The van der Waals surface area contributed by atoms with E-state index in [1.165, 1.54) is 18.4 Å². The molecule has 0 radical (unpaired) electrons. The summed E-state index contributed by atoms with van der Waals surface area (Å²) in [6, 6.07) is 8.21. The average Bonchev–Trinajstić information content (AvgIpc) is 2.58. The van der Waals surface area contributed by atoms with Crippen LogP contribution in [0.2, 0.25) is 0 Å². The molecule has 16 heavy (non-hydrogen) atoms. The Morgan fingerprint density at radius 3 is 2.25 bits per heavy atom. The maximum absolute atomic E-state index is 10.5. The van der Waals surface area contributed by atoms with Gasteiger partial charge >= 0.3 is 0 Å². The molecule has 1 aromatic rings. The molecule has 88 valence electrons. The highest BCUT2D eigenvalue weighted by Gasteiger charge is 2.36. The van der Waals surface area contributed by atoms with Gasteiger partial charge in [-0.2, -0.15) is 0 Å². The number of hydrogen-bond donors (Lipinski definition) is 1. The van der Waals surface area contributed by atoms with Crippen LogP contribution in [0, 0.1) is 24.7 Å². The molecule has 1 nitrogen and oxygen atoms in total. The van der Waals surface area contributed by atoms with Gasteiger partial charge in [0.05, 0.1) is 6.10 Å². The third-order valence-electron chi connectivity index (χ3n) is 4.26. The van der Waals surface area contributed by atoms with E-state index in [1.54, 1.807) is 0 Å². The Labute approximate surface area is 98.5 Å². The molecular formula is C15H22O. The summed E-state index contributed by atoms with van der Waals surface area (Å²) in [5.41, 5.74) is 2.33. The molecule has 3 unspecified atom stereocenters. The van der Waals surface area contributed by atoms with Gasteiger partial charge in [-0.25, -0.2) is 0 Å². The minimum Gasteiger partial charge on any atom is -0.388 e. The predicted octanol–water partition coefficient (Wildman–Crippen LogP) is 3.71. The predicted molar refractivity (Wildman–Crippen MR) is 67.2 cm³/mol. The molecule has 0 heterocycles. The molecule has 0 spiro atoms. The van der Waals surface area contributed by atoms with E-state index in [0.717, 1.165) is 5.56 Å². The van der Waals surface area contributed by atoms with Crippen molar-refractivity contribution in [3.63, 3.8) is 0 Å². The van der Waals surface area contributed by atoms with Crippen LogP contribution in [0.25, 0.3) is 0 Å². The first-order valence-corrected chi connectivity index (χ1v) is 6.35. The zero-order valence-corrected chi connectivity index (χ0v) is 10.5. The van der Waals surface area contributed by atoms with Crippen molar-refractivity contribution in [1.29, 1.82) is 0 Å². The highest BCUT2D eigenvalue weighted by atomic mass is 16.3. The molecule has 1 aliphatic carbocycles. The normalized spacial score (nSPS) is 31.6. The van der Waals surface area contributed by atoms with Crippen molar-refractivity contribution in [1.82, 2.24) is 0 Å². The van der Waals surface area contributed by atoms with Gasteiger partial charge in [0, 0.05) is 0 Å². The van der Waals surface area contributed by atoms with Crippen molar-refractivity contribution >= 4 is 0 Å². The molecule has 3 atom stereocenters. The summed E-state index contributed by atoms with van der Waals surface area (Å²) >= 11 is 0. The smallest absolute Gasteiger partial charge is 0.0825 e. The van der Waals surface area contributed by atoms with E-state index in [4.69, 9.17) is 0 Å². The quantitative estimate of drug-likeness (QED) is 0.802. The van der Waals surface area contributed by atoms with Crippen LogP contribution in [-0.2, 0) is 0 Å². The lowest BCUT2D eigenvalue weighted by atomic mass is 9.82. The number of aryl methyl sites for hydroxylation is 1. The van der Waals surface area contributed by atoms with E-state index in [0.29, 0.717) is 17.8 Å². The fourth-order valence-electron chi connectivity index (χ4n) is 3.22. The molecule has 1 fully saturated rings. The summed E-state index contributed by atoms with van der Waals surface area (Å²) in [5, 5.41) is 10.5. The van der Waals surface area contributed by atoms with Crippen LogP contribution < -0.4 is 0 Å². The van der Waals surface area contributed by atoms with E-state index in [1.807, 2.05) is 12.1 Å². The van der Waals surface area contributed by atoms with Crippen molar-refractivity contribution in [3.8, 4) is 0 Å². The first-order valence-electron chi connectivity index (χ1n) is 6.35. The topological polar surface area (TPSA) is 20.2 Å².